The van der Waals surface area contributed by atoms with Gasteiger partial charge in [-0.3, -0.25) is 4.72 Å². The lowest BCUT2D eigenvalue weighted by molar-refractivity contribution is 0.0469. The minimum Gasteiger partial charge on any atom is -0.507 e. The zero-order valence-electron chi connectivity index (χ0n) is 14.3. The van der Waals surface area contributed by atoms with Crippen LogP contribution in [-0.2, 0) is 21.4 Å². The largest absolute Gasteiger partial charge is 0.507 e. The maximum absolute atomic E-state index is 12.3. The number of hydrogen-bond donors (Lipinski definition) is 2. The molecule has 0 saturated carbocycles. The molecule has 3 rings (SSSR count). The first-order chi connectivity index (χ1) is 13.4. The second kappa shape index (κ2) is 8.12. The number of phenolic OH excluding ortho intramolecular Hbond substituents is 1. The summed E-state index contributed by atoms with van der Waals surface area (Å²) in [6.07, 6.45) is 0. The number of benzene rings is 2. The third-order valence-corrected chi connectivity index (χ3v) is 6.46. The maximum Gasteiger partial charge on any atom is 0.342 e. The number of ether oxygens (including phenoxy) is 1. The second-order valence-corrected chi connectivity index (χ2v) is 8.51. The number of carbonyl (C=O) groups is 1. The van der Waals surface area contributed by atoms with Crippen molar-refractivity contribution >= 4 is 33.0 Å². The molecule has 7 nitrogen and oxygen atoms in total. The van der Waals surface area contributed by atoms with Crippen LogP contribution in [0.4, 0.5) is 5.69 Å². The van der Waals surface area contributed by atoms with Crippen LogP contribution >= 0.6 is 11.3 Å². The second-order valence-electron chi connectivity index (χ2n) is 5.65. The van der Waals surface area contributed by atoms with Crippen molar-refractivity contribution in [2.75, 3.05) is 4.72 Å². The van der Waals surface area contributed by atoms with Crippen molar-refractivity contribution in [1.29, 1.82) is 5.26 Å². The Labute approximate surface area is 165 Å². The highest BCUT2D eigenvalue weighted by molar-refractivity contribution is 7.94. The van der Waals surface area contributed by atoms with E-state index in [0.717, 1.165) is 11.3 Å². The molecule has 2 aromatic carbocycles. The Hall–Kier alpha value is -3.35. The van der Waals surface area contributed by atoms with E-state index >= 15 is 0 Å². The van der Waals surface area contributed by atoms with E-state index in [1.165, 1.54) is 24.3 Å². The van der Waals surface area contributed by atoms with Crippen LogP contribution in [0.3, 0.4) is 0 Å². The molecule has 0 atom stereocenters. The molecule has 0 aliphatic carbocycles. The normalized spacial score (nSPS) is 10.8. The van der Waals surface area contributed by atoms with Crippen LogP contribution in [0, 0.1) is 11.3 Å². The van der Waals surface area contributed by atoms with Gasteiger partial charge in [0.1, 0.15) is 22.1 Å². The standard InChI is InChI=1S/C19H14N2O5S2/c20-11-13-3-5-14(6-4-13)12-26-19(23)16-10-15(7-8-17(16)22)21-28(24,25)18-2-1-9-27-18/h1-10,21-22H,12H2. The number of esters is 1. The number of phenols is 1. The number of nitriles is 1. The van der Waals surface area contributed by atoms with Crippen LogP contribution in [0.25, 0.3) is 0 Å². The van der Waals surface area contributed by atoms with Gasteiger partial charge in [0.25, 0.3) is 10.0 Å². The van der Waals surface area contributed by atoms with E-state index < -0.39 is 16.0 Å². The number of nitrogens with one attached hydrogen (secondary N) is 1. The zero-order valence-corrected chi connectivity index (χ0v) is 16.0. The van der Waals surface area contributed by atoms with Crippen LogP contribution in [0.5, 0.6) is 5.75 Å². The van der Waals surface area contributed by atoms with E-state index in [1.54, 1.807) is 35.7 Å². The van der Waals surface area contributed by atoms with Crippen LogP contribution in [0.15, 0.2) is 64.2 Å². The highest BCUT2D eigenvalue weighted by atomic mass is 32.2. The summed E-state index contributed by atoms with van der Waals surface area (Å²) in [4.78, 5) is 12.3. The monoisotopic (exact) mass is 414 g/mol. The van der Waals surface area contributed by atoms with Crippen molar-refractivity contribution in [2.45, 2.75) is 10.8 Å². The number of anilines is 1. The van der Waals surface area contributed by atoms with Gasteiger partial charge in [-0.05, 0) is 47.3 Å². The van der Waals surface area contributed by atoms with Gasteiger partial charge < -0.3 is 9.84 Å². The number of hydrogen-bond acceptors (Lipinski definition) is 7. The number of thiophene rings is 1. The summed E-state index contributed by atoms with van der Waals surface area (Å²) >= 11 is 1.06. The van der Waals surface area contributed by atoms with Crippen molar-refractivity contribution in [2.24, 2.45) is 0 Å². The number of aromatic hydroxyl groups is 1. The van der Waals surface area contributed by atoms with Gasteiger partial charge in [0, 0.05) is 5.69 Å². The van der Waals surface area contributed by atoms with Crippen molar-refractivity contribution in [1.82, 2.24) is 0 Å². The average Bonchev–Trinajstić information content (AvgIpc) is 3.24. The summed E-state index contributed by atoms with van der Waals surface area (Å²) in [5.41, 5.74) is 1.11. The molecular formula is C19H14N2O5S2. The lowest BCUT2D eigenvalue weighted by Crippen LogP contribution is -2.12. The third-order valence-electron chi connectivity index (χ3n) is 3.68. The number of rotatable bonds is 6. The molecule has 0 spiro atoms. The van der Waals surface area contributed by atoms with Crippen LogP contribution in [0.1, 0.15) is 21.5 Å². The van der Waals surface area contributed by atoms with E-state index in [-0.39, 0.29) is 27.8 Å². The van der Waals surface area contributed by atoms with Crippen LogP contribution in [0.2, 0.25) is 0 Å². The van der Waals surface area contributed by atoms with E-state index in [4.69, 9.17) is 10.00 Å². The summed E-state index contributed by atoms with van der Waals surface area (Å²) in [5, 5.41) is 20.4. The van der Waals surface area contributed by atoms with Crippen molar-refractivity contribution in [3.8, 4) is 11.8 Å². The van der Waals surface area contributed by atoms with Gasteiger partial charge >= 0.3 is 5.97 Å². The first-order valence-corrected chi connectivity index (χ1v) is 10.3. The molecule has 142 valence electrons. The topological polar surface area (TPSA) is 116 Å². The molecule has 0 aliphatic rings. The van der Waals surface area contributed by atoms with Crippen LogP contribution < -0.4 is 4.72 Å². The highest BCUT2D eigenvalue weighted by Gasteiger charge is 2.18. The molecule has 0 aliphatic heterocycles. The Kier molecular flexibility index (Phi) is 5.63. The molecule has 9 heteroatoms. The molecule has 0 bridgehead atoms. The van der Waals surface area contributed by atoms with Gasteiger partial charge in [0.05, 0.1) is 11.6 Å². The fourth-order valence-electron chi connectivity index (χ4n) is 2.29. The van der Waals surface area contributed by atoms with E-state index in [0.29, 0.717) is 11.1 Å². The zero-order chi connectivity index (χ0) is 20.1. The minimum atomic E-state index is -3.78. The Bertz CT molecular complexity index is 1130. The van der Waals surface area contributed by atoms with Crippen molar-refractivity contribution in [3.05, 3.63) is 76.7 Å². The molecule has 1 aromatic heterocycles. The van der Waals surface area contributed by atoms with Crippen LogP contribution in [-0.4, -0.2) is 19.5 Å². The van der Waals surface area contributed by atoms with E-state index in [2.05, 4.69) is 4.72 Å². The fraction of sp³-hybridized carbons (Fsp3) is 0.0526. The first kappa shape index (κ1) is 19.4. The molecule has 0 fully saturated rings. The maximum atomic E-state index is 12.3. The van der Waals surface area contributed by atoms with Gasteiger partial charge in [-0.15, -0.1) is 11.3 Å². The minimum absolute atomic E-state index is 0.0604. The Morgan fingerprint density at radius 3 is 2.57 bits per heavy atom. The molecule has 1 heterocycles. The molecule has 0 saturated heterocycles. The first-order valence-electron chi connectivity index (χ1n) is 7.94. The molecular weight excluding hydrogens is 400 g/mol. The lowest BCUT2D eigenvalue weighted by Gasteiger charge is -2.10. The molecule has 0 radical (unpaired) electrons. The Morgan fingerprint density at radius 2 is 1.93 bits per heavy atom. The quantitative estimate of drug-likeness (QED) is 0.471. The SMILES string of the molecule is N#Cc1ccc(COC(=O)c2cc(NS(=O)(=O)c3cccs3)ccc2O)cc1. The Balaban J connectivity index is 1.73. The lowest BCUT2D eigenvalue weighted by atomic mass is 10.1. The summed E-state index contributed by atoms with van der Waals surface area (Å²) in [7, 11) is -3.78. The summed E-state index contributed by atoms with van der Waals surface area (Å²) in [5.74, 6) is -1.14. The van der Waals surface area contributed by atoms with Gasteiger partial charge in [-0.25, -0.2) is 13.2 Å². The number of sulfonamides is 1. The van der Waals surface area contributed by atoms with Crippen molar-refractivity contribution < 1.29 is 23.1 Å². The van der Waals surface area contributed by atoms with Gasteiger partial charge in [-0.1, -0.05) is 18.2 Å². The van der Waals surface area contributed by atoms with Gasteiger partial charge in [-0.2, -0.15) is 5.26 Å². The molecule has 0 amide bonds. The highest BCUT2D eigenvalue weighted by Crippen LogP contribution is 2.26. The van der Waals surface area contributed by atoms with Crippen molar-refractivity contribution in [3.63, 3.8) is 0 Å². The van der Waals surface area contributed by atoms with E-state index in [9.17, 15) is 18.3 Å². The smallest absolute Gasteiger partial charge is 0.342 e. The fourth-order valence-corrected chi connectivity index (χ4v) is 4.33. The van der Waals surface area contributed by atoms with Gasteiger partial charge in [0.15, 0.2) is 0 Å². The van der Waals surface area contributed by atoms with Gasteiger partial charge in [0.2, 0.25) is 0 Å². The predicted octanol–water partition coefficient (Wildman–Crippen LogP) is 3.48. The number of nitrogens with zero attached hydrogens (tertiary/aromatic N) is 1. The summed E-state index contributed by atoms with van der Waals surface area (Å²) in [6.45, 7) is -0.0604. The molecule has 28 heavy (non-hydrogen) atoms. The third kappa shape index (κ3) is 4.49. The summed E-state index contributed by atoms with van der Waals surface area (Å²) in [6, 6.07) is 15.3. The average molecular weight is 414 g/mol. The molecule has 0 unspecified atom stereocenters. The Morgan fingerprint density at radius 1 is 1.18 bits per heavy atom. The molecule has 3 aromatic rings. The molecule has 2 N–H and O–H groups in total. The summed E-state index contributed by atoms with van der Waals surface area (Å²) < 4.78 is 32.2. The number of carbonyl (C=O) groups excluding carboxylic acids is 1. The van der Waals surface area contributed by atoms with E-state index in [1.807, 2.05) is 6.07 Å². The predicted molar refractivity (Wildman–Crippen MR) is 104 cm³/mol.